The Morgan fingerprint density at radius 2 is 1.78 bits per heavy atom. The molecule has 1 aliphatic heterocycles. The van der Waals surface area contributed by atoms with Crippen molar-refractivity contribution in [2.75, 3.05) is 51.2 Å². The molecule has 0 radical (unpaired) electrons. The van der Waals surface area contributed by atoms with Gasteiger partial charge in [-0.3, -0.25) is 4.79 Å². The molecule has 0 bridgehead atoms. The van der Waals surface area contributed by atoms with Gasteiger partial charge in [-0.1, -0.05) is 29.8 Å². The average molecular weight is 506 g/mol. The molecule has 1 aromatic heterocycles. The third-order valence-corrected chi connectivity index (χ3v) is 6.51. The number of carbonyl (C=O) groups is 1. The summed E-state index contributed by atoms with van der Waals surface area (Å²) in [5.41, 5.74) is 3.17. The van der Waals surface area contributed by atoms with Gasteiger partial charge in [-0.15, -0.1) is 0 Å². The first-order chi connectivity index (χ1) is 18.0. The number of methoxy groups -OCH3 is 3. The highest BCUT2D eigenvalue weighted by Crippen LogP contribution is 2.40. The Balaban J connectivity index is 1.38. The van der Waals surface area contributed by atoms with Crippen molar-refractivity contribution in [3.63, 3.8) is 0 Å². The molecule has 9 heteroatoms. The van der Waals surface area contributed by atoms with Crippen LogP contribution in [0, 0.1) is 12.8 Å². The minimum atomic E-state index is -0.0757. The molecular formula is C28H35N5O4. The van der Waals surface area contributed by atoms with Crippen LogP contribution in [0.5, 0.6) is 17.2 Å². The fourth-order valence-corrected chi connectivity index (χ4v) is 4.50. The quantitative estimate of drug-likeness (QED) is 0.425. The zero-order valence-electron chi connectivity index (χ0n) is 21.9. The molecule has 1 saturated heterocycles. The molecule has 37 heavy (non-hydrogen) atoms. The van der Waals surface area contributed by atoms with Gasteiger partial charge in [0.2, 0.25) is 17.6 Å². The second-order valence-electron chi connectivity index (χ2n) is 9.09. The van der Waals surface area contributed by atoms with Crippen LogP contribution < -0.4 is 29.7 Å². The van der Waals surface area contributed by atoms with Gasteiger partial charge in [-0.2, -0.15) is 4.98 Å². The maximum Gasteiger partial charge on any atom is 0.229 e. The number of ether oxygens (including phenoxy) is 3. The summed E-state index contributed by atoms with van der Waals surface area (Å²) in [5.74, 6) is 2.83. The predicted molar refractivity (Wildman–Crippen MR) is 144 cm³/mol. The highest BCUT2D eigenvalue weighted by molar-refractivity contribution is 5.79. The molecule has 1 atom stereocenters. The summed E-state index contributed by atoms with van der Waals surface area (Å²) in [7, 11) is 4.71. The van der Waals surface area contributed by atoms with Gasteiger partial charge in [-0.05, 0) is 37.8 Å². The van der Waals surface area contributed by atoms with E-state index in [9.17, 15) is 4.79 Å². The minimum absolute atomic E-state index is 0.0757. The van der Waals surface area contributed by atoms with E-state index < -0.39 is 0 Å². The van der Waals surface area contributed by atoms with Crippen molar-refractivity contribution in [1.29, 1.82) is 0 Å². The zero-order chi connectivity index (χ0) is 26.2. The first-order valence-electron chi connectivity index (χ1n) is 12.5. The molecule has 0 spiro atoms. The number of anilines is 3. The van der Waals surface area contributed by atoms with E-state index in [1.807, 2.05) is 6.07 Å². The Hall–Kier alpha value is -4.01. The second kappa shape index (κ2) is 12.3. The lowest BCUT2D eigenvalue weighted by atomic mass is 9.97. The maximum absolute atomic E-state index is 12.9. The fourth-order valence-electron chi connectivity index (χ4n) is 4.50. The van der Waals surface area contributed by atoms with Gasteiger partial charge in [0.15, 0.2) is 11.5 Å². The van der Waals surface area contributed by atoms with E-state index in [-0.39, 0.29) is 11.8 Å². The summed E-state index contributed by atoms with van der Waals surface area (Å²) < 4.78 is 16.3. The van der Waals surface area contributed by atoms with Crippen LogP contribution in [0.3, 0.4) is 0 Å². The van der Waals surface area contributed by atoms with Crippen LogP contribution in [0.15, 0.2) is 48.7 Å². The van der Waals surface area contributed by atoms with Crippen molar-refractivity contribution in [3.8, 4) is 17.2 Å². The summed E-state index contributed by atoms with van der Waals surface area (Å²) >= 11 is 0. The molecule has 2 aromatic carbocycles. The SMILES string of the molecule is COc1cc(Nc2nccc(N3CCCC(C(=O)NCCc4ccc(C)cc4)C3)n2)cc(OC)c1OC. The third-order valence-electron chi connectivity index (χ3n) is 6.51. The lowest BCUT2D eigenvalue weighted by Crippen LogP contribution is -2.43. The van der Waals surface area contributed by atoms with Crippen LogP contribution in [0.1, 0.15) is 24.0 Å². The third kappa shape index (κ3) is 6.61. The van der Waals surface area contributed by atoms with Crippen molar-refractivity contribution in [1.82, 2.24) is 15.3 Å². The molecule has 1 fully saturated rings. The second-order valence-corrected chi connectivity index (χ2v) is 9.09. The van der Waals surface area contributed by atoms with E-state index in [1.165, 1.54) is 11.1 Å². The molecule has 0 aliphatic carbocycles. The molecular weight excluding hydrogens is 470 g/mol. The van der Waals surface area contributed by atoms with Crippen LogP contribution in [0.4, 0.5) is 17.5 Å². The molecule has 196 valence electrons. The highest BCUT2D eigenvalue weighted by Gasteiger charge is 2.26. The van der Waals surface area contributed by atoms with Crippen LogP contribution in [-0.2, 0) is 11.2 Å². The number of benzene rings is 2. The van der Waals surface area contributed by atoms with E-state index in [1.54, 1.807) is 39.7 Å². The van der Waals surface area contributed by atoms with Crippen LogP contribution in [0.2, 0.25) is 0 Å². The normalized spacial score (nSPS) is 15.1. The van der Waals surface area contributed by atoms with Gasteiger partial charge >= 0.3 is 0 Å². The summed E-state index contributed by atoms with van der Waals surface area (Å²) in [5, 5.41) is 6.34. The Labute approximate surface area is 218 Å². The highest BCUT2D eigenvalue weighted by atomic mass is 16.5. The van der Waals surface area contributed by atoms with Crippen molar-refractivity contribution in [3.05, 3.63) is 59.8 Å². The van der Waals surface area contributed by atoms with Crippen molar-refractivity contribution in [2.24, 2.45) is 5.92 Å². The molecule has 4 rings (SSSR count). The molecule has 3 aromatic rings. The lowest BCUT2D eigenvalue weighted by molar-refractivity contribution is -0.125. The predicted octanol–water partition coefficient (Wildman–Crippen LogP) is 4.13. The number of piperidine rings is 1. The number of nitrogens with zero attached hydrogens (tertiary/aromatic N) is 3. The smallest absolute Gasteiger partial charge is 0.229 e. The van der Waals surface area contributed by atoms with Gasteiger partial charge in [0.1, 0.15) is 5.82 Å². The van der Waals surface area contributed by atoms with E-state index in [0.29, 0.717) is 42.0 Å². The molecule has 9 nitrogen and oxygen atoms in total. The topological polar surface area (TPSA) is 97.8 Å². The van der Waals surface area contributed by atoms with E-state index in [4.69, 9.17) is 19.2 Å². The first kappa shape index (κ1) is 26.1. The number of amides is 1. The van der Waals surface area contributed by atoms with Crippen LogP contribution in [0.25, 0.3) is 0 Å². The van der Waals surface area contributed by atoms with Gasteiger partial charge < -0.3 is 29.7 Å². The molecule has 1 amide bonds. The monoisotopic (exact) mass is 505 g/mol. The van der Waals surface area contributed by atoms with E-state index >= 15 is 0 Å². The Bertz CT molecular complexity index is 1180. The molecule has 2 N–H and O–H groups in total. The van der Waals surface area contributed by atoms with Crippen molar-refractivity contribution < 1.29 is 19.0 Å². The number of carbonyl (C=O) groups excluding carboxylic acids is 1. The van der Waals surface area contributed by atoms with Crippen molar-refractivity contribution in [2.45, 2.75) is 26.2 Å². The Kier molecular flexibility index (Phi) is 8.66. The van der Waals surface area contributed by atoms with Gasteiger partial charge in [0.05, 0.1) is 27.2 Å². The summed E-state index contributed by atoms with van der Waals surface area (Å²) in [6.45, 7) is 4.17. The number of nitrogens with one attached hydrogen (secondary N) is 2. The zero-order valence-corrected chi connectivity index (χ0v) is 21.9. The first-order valence-corrected chi connectivity index (χ1v) is 12.5. The number of hydrogen-bond acceptors (Lipinski definition) is 8. The number of aromatic nitrogens is 2. The summed E-state index contributed by atoms with van der Waals surface area (Å²) in [6, 6.07) is 13.9. The van der Waals surface area contributed by atoms with Gasteiger partial charge in [0, 0.05) is 43.7 Å². The Morgan fingerprint density at radius 3 is 2.46 bits per heavy atom. The molecule has 2 heterocycles. The van der Waals surface area contributed by atoms with Crippen molar-refractivity contribution >= 4 is 23.4 Å². The lowest BCUT2D eigenvalue weighted by Gasteiger charge is -2.33. The van der Waals surface area contributed by atoms with E-state index in [2.05, 4.69) is 51.7 Å². The van der Waals surface area contributed by atoms with Gasteiger partial charge in [0.25, 0.3) is 0 Å². The van der Waals surface area contributed by atoms with Crippen LogP contribution in [-0.4, -0.2) is 56.8 Å². The minimum Gasteiger partial charge on any atom is -0.493 e. The van der Waals surface area contributed by atoms with Gasteiger partial charge in [-0.25, -0.2) is 4.98 Å². The maximum atomic E-state index is 12.9. The summed E-state index contributed by atoms with van der Waals surface area (Å²) in [6.07, 6.45) is 4.34. The fraction of sp³-hybridized carbons (Fsp3) is 0.393. The summed E-state index contributed by atoms with van der Waals surface area (Å²) in [4.78, 5) is 24.1. The molecule has 1 unspecified atom stereocenters. The average Bonchev–Trinajstić information content (AvgIpc) is 2.93. The van der Waals surface area contributed by atoms with E-state index in [0.717, 1.165) is 31.6 Å². The standard InChI is InChI=1S/C28H35N5O4/c1-19-7-9-20(10-8-19)11-13-29-27(34)21-6-5-15-33(18-21)25-12-14-30-28(32-25)31-22-16-23(35-2)26(37-4)24(17-22)36-3/h7-10,12,14,16-17,21H,5-6,11,13,15,18H2,1-4H3,(H,29,34)(H,30,31,32). The van der Waals surface area contributed by atoms with Crippen LogP contribution >= 0.6 is 0 Å². The molecule has 1 aliphatic rings. The molecule has 0 saturated carbocycles. The largest absolute Gasteiger partial charge is 0.493 e. The Morgan fingerprint density at radius 1 is 1.05 bits per heavy atom. The number of aryl methyl sites for hydroxylation is 1. The number of rotatable bonds is 10. The number of hydrogen-bond donors (Lipinski definition) is 2.